The zero-order valence-electron chi connectivity index (χ0n) is 12.8. The van der Waals surface area contributed by atoms with Gasteiger partial charge in [-0.2, -0.15) is 0 Å². The van der Waals surface area contributed by atoms with Gasteiger partial charge in [0.05, 0.1) is 39.1 Å². The van der Waals surface area contributed by atoms with Gasteiger partial charge in [0, 0.05) is 0 Å². The molecule has 1 aliphatic heterocycles. The fourth-order valence-corrected chi connectivity index (χ4v) is 1.97. The predicted molar refractivity (Wildman–Crippen MR) is 77.4 cm³/mol. The second-order valence-corrected chi connectivity index (χ2v) is 5.86. The highest BCUT2D eigenvalue weighted by Gasteiger charge is 2.40. The van der Waals surface area contributed by atoms with Gasteiger partial charge in [0.25, 0.3) is 0 Å². The number of ether oxygens (including phenoxy) is 4. The molecule has 2 rings (SSSR count). The van der Waals surface area contributed by atoms with Gasteiger partial charge in [-0.15, -0.1) is 0 Å². The van der Waals surface area contributed by atoms with Gasteiger partial charge in [-0.1, -0.05) is 12.1 Å². The number of aldehydes is 1. The summed E-state index contributed by atoms with van der Waals surface area (Å²) >= 11 is 0. The molecule has 5 nitrogen and oxygen atoms in total. The van der Waals surface area contributed by atoms with E-state index >= 15 is 0 Å². The number of methoxy groups -OCH3 is 1. The summed E-state index contributed by atoms with van der Waals surface area (Å²) in [4.78, 5) is 11.3. The molecule has 1 saturated heterocycles. The van der Waals surface area contributed by atoms with Crippen LogP contribution in [0.3, 0.4) is 0 Å². The third kappa shape index (κ3) is 4.27. The maximum absolute atomic E-state index is 11.3. The molecule has 1 aromatic carbocycles. The van der Waals surface area contributed by atoms with E-state index in [1.807, 2.05) is 38.1 Å². The third-order valence-electron chi connectivity index (χ3n) is 3.40. The fraction of sp³-hybridized carbons (Fsp3) is 0.562. The van der Waals surface area contributed by atoms with Gasteiger partial charge < -0.3 is 18.9 Å². The zero-order valence-corrected chi connectivity index (χ0v) is 12.8. The average Bonchev–Trinajstić information content (AvgIpc) is 2.50. The van der Waals surface area contributed by atoms with Crippen molar-refractivity contribution in [3.05, 3.63) is 29.8 Å². The van der Waals surface area contributed by atoms with Gasteiger partial charge in [0.15, 0.2) is 11.9 Å². The van der Waals surface area contributed by atoms with Crippen molar-refractivity contribution >= 4 is 6.29 Å². The molecule has 0 amide bonds. The van der Waals surface area contributed by atoms with Gasteiger partial charge in [0.1, 0.15) is 5.75 Å². The number of benzene rings is 1. The molecule has 0 aliphatic carbocycles. The van der Waals surface area contributed by atoms with E-state index in [9.17, 15) is 4.79 Å². The first-order chi connectivity index (χ1) is 9.99. The van der Waals surface area contributed by atoms with Crippen LogP contribution < -0.4 is 4.74 Å². The molecule has 1 fully saturated rings. The third-order valence-corrected chi connectivity index (χ3v) is 3.40. The lowest BCUT2D eigenvalue weighted by Gasteiger charge is -2.40. The molecule has 1 unspecified atom stereocenters. The summed E-state index contributed by atoms with van der Waals surface area (Å²) in [6.07, 6.45) is 0.774. The Balaban J connectivity index is 1.84. The van der Waals surface area contributed by atoms with E-state index in [2.05, 4.69) is 0 Å². The molecule has 116 valence electrons. The molecule has 1 heterocycles. The highest BCUT2D eigenvalue weighted by Crippen LogP contribution is 2.24. The minimum atomic E-state index is -0.998. The van der Waals surface area contributed by atoms with Crippen molar-refractivity contribution in [2.24, 2.45) is 0 Å². The van der Waals surface area contributed by atoms with Crippen LogP contribution in [0.5, 0.6) is 5.75 Å². The molecule has 0 bridgehead atoms. The molecule has 0 N–H and O–H groups in total. The summed E-state index contributed by atoms with van der Waals surface area (Å²) < 4.78 is 22.0. The molecule has 0 saturated carbocycles. The summed E-state index contributed by atoms with van der Waals surface area (Å²) in [6.45, 7) is 5.04. The summed E-state index contributed by atoms with van der Waals surface area (Å²) in [5.74, 6) is 0.800. The molecule has 0 radical (unpaired) electrons. The van der Waals surface area contributed by atoms with Gasteiger partial charge in [-0.05, 0) is 31.5 Å². The van der Waals surface area contributed by atoms with Crippen LogP contribution in [0, 0.1) is 0 Å². The molecular weight excluding hydrogens is 272 g/mol. The molecule has 1 atom stereocenters. The number of carbonyl (C=O) groups is 1. The minimum Gasteiger partial charge on any atom is -0.497 e. The minimum absolute atomic E-state index is 0.179. The SMILES string of the molecule is COc1ccc(COCC2(C=O)COC(C)(C)CO2)cc1. The summed E-state index contributed by atoms with van der Waals surface area (Å²) in [5.41, 5.74) is -0.348. The average molecular weight is 294 g/mol. The summed E-state index contributed by atoms with van der Waals surface area (Å²) in [6, 6.07) is 7.59. The van der Waals surface area contributed by atoms with E-state index in [1.54, 1.807) is 7.11 Å². The van der Waals surface area contributed by atoms with Crippen LogP contribution in [0.1, 0.15) is 19.4 Å². The quantitative estimate of drug-likeness (QED) is 0.751. The zero-order chi connectivity index (χ0) is 15.3. The Kier molecular flexibility index (Phi) is 4.98. The number of hydrogen-bond acceptors (Lipinski definition) is 5. The van der Waals surface area contributed by atoms with Crippen LogP contribution in [0.15, 0.2) is 24.3 Å². The van der Waals surface area contributed by atoms with Crippen molar-refractivity contribution in [2.45, 2.75) is 31.7 Å². The molecule has 0 spiro atoms. The van der Waals surface area contributed by atoms with E-state index in [1.165, 1.54) is 0 Å². The topological polar surface area (TPSA) is 54.0 Å². The maximum Gasteiger partial charge on any atom is 0.169 e. The maximum atomic E-state index is 11.3. The Hall–Kier alpha value is -1.43. The van der Waals surface area contributed by atoms with Crippen LogP contribution in [0.2, 0.25) is 0 Å². The van der Waals surface area contributed by atoms with Crippen LogP contribution in [0.4, 0.5) is 0 Å². The standard InChI is InChI=1S/C16H22O5/c1-15(2)10-21-16(9-17,12-20-15)11-19-8-13-4-6-14(18-3)7-5-13/h4-7,9H,8,10-12H2,1-3H3. The van der Waals surface area contributed by atoms with E-state index in [-0.39, 0.29) is 18.8 Å². The largest absolute Gasteiger partial charge is 0.497 e. The first kappa shape index (κ1) is 15.9. The second-order valence-electron chi connectivity index (χ2n) is 5.86. The Morgan fingerprint density at radius 3 is 2.43 bits per heavy atom. The van der Waals surface area contributed by atoms with Crippen LogP contribution >= 0.6 is 0 Å². The molecule has 1 aromatic rings. The van der Waals surface area contributed by atoms with Crippen molar-refractivity contribution in [2.75, 3.05) is 26.9 Å². The van der Waals surface area contributed by atoms with Gasteiger partial charge in [-0.3, -0.25) is 4.79 Å². The lowest BCUT2D eigenvalue weighted by Crippen LogP contribution is -2.54. The predicted octanol–water partition coefficient (Wildman–Crippen LogP) is 1.97. The molecule has 0 aromatic heterocycles. The molecular formula is C16H22O5. The van der Waals surface area contributed by atoms with E-state index < -0.39 is 5.60 Å². The van der Waals surface area contributed by atoms with Crippen molar-refractivity contribution in [3.8, 4) is 5.75 Å². The molecule has 1 aliphatic rings. The van der Waals surface area contributed by atoms with Gasteiger partial charge >= 0.3 is 0 Å². The Labute approximate surface area is 125 Å². The smallest absolute Gasteiger partial charge is 0.169 e. The Morgan fingerprint density at radius 1 is 1.19 bits per heavy atom. The van der Waals surface area contributed by atoms with Gasteiger partial charge in [0.2, 0.25) is 0 Å². The van der Waals surface area contributed by atoms with Crippen molar-refractivity contribution in [1.82, 2.24) is 0 Å². The Morgan fingerprint density at radius 2 is 1.90 bits per heavy atom. The van der Waals surface area contributed by atoms with Crippen LogP contribution in [-0.2, 0) is 25.6 Å². The highest BCUT2D eigenvalue weighted by atomic mass is 16.6. The van der Waals surface area contributed by atoms with Crippen molar-refractivity contribution < 1.29 is 23.7 Å². The lowest BCUT2D eigenvalue weighted by molar-refractivity contribution is -0.227. The Bertz CT molecular complexity index is 456. The van der Waals surface area contributed by atoms with E-state index in [0.29, 0.717) is 13.2 Å². The second kappa shape index (κ2) is 6.56. The number of hydrogen-bond donors (Lipinski definition) is 0. The van der Waals surface area contributed by atoms with Crippen LogP contribution in [0.25, 0.3) is 0 Å². The first-order valence-corrected chi connectivity index (χ1v) is 6.94. The number of carbonyl (C=O) groups excluding carboxylic acids is 1. The molecule has 21 heavy (non-hydrogen) atoms. The highest BCUT2D eigenvalue weighted by molar-refractivity contribution is 5.63. The van der Waals surface area contributed by atoms with E-state index in [4.69, 9.17) is 18.9 Å². The monoisotopic (exact) mass is 294 g/mol. The van der Waals surface area contributed by atoms with Crippen LogP contribution in [-0.4, -0.2) is 44.4 Å². The van der Waals surface area contributed by atoms with Crippen molar-refractivity contribution in [1.29, 1.82) is 0 Å². The fourth-order valence-electron chi connectivity index (χ4n) is 1.97. The van der Waals surface area contributed by atoms with Crippen molar-refractivity contribution in [3.63, 3.8) is 0 Å². The summed E-state index contributed by atoms with van der Waals surface area (Å²) in [5, 5.41) is 0. The first-order valence-electron chi connectivity index (χ1n) is 6.94. The lowest BCUT2D eigenvalue weighted by atomic mass is 10.0. The molecule has 5 heteroatoms. The number of rotatable bonds is 6. The van der Waals surface area contributed by atoms with E-state index in [0.717, 1.165) is 17.6 Å². The van der Waals surface area contributed by atoms with Gasteiger partial charge in [-0.25, -0.2) is 0 Å². The normalized spacial score (nSPS) is 24.5. The summed E-state index contributed by atoms with van der Waals surface area (Å²) in [7, 11) is 1.63.